The summed E-state index contributed by atoms with van der Waals surface area (Å²) >= 11 is 0. The maximum Gasteiger partial charge on any atom is 0.221 e. The van der Waals surface area contributed by atoms with Gasteiger partial charge >= 0.3 is 0 Å². The summed E-state index contributed by atoms with van der Waals surface area (Å²) in [6, 6.07) is 28.8. The molecule has 3 aromatic rings. The normalized spacial score (nSPS) is 16.1. The lowest BCUT2D eigenvalue weighted by Gasteiger charge is -2.23. The van der Waals surface area contributed by atoms with Crippen LogP contribution in [0.4, 0.5) is 11.4 Å². The highest BCUT2D eigenvalue weighted by atomic mass is 16.1. The smallest absolute Gasteiger partial charge is 0.221 e. The van der Waals surface area contributed by atoms with Crippen LogP contribution in [0.3, 0.4) is 0 Å². The van der Waals surface area contributed by atoms with Crippen LogP contribution in [0.5, 0.6) is 0 Å². The van der Waals surface area contributed by atoms with Gasteiger partial charge in [0.05, 0.1) is 17.4 Å². The number of nitrogens with one attached hydrogen (secondary N) is 1. The number of hydrogen-bond acceptors (Lipinski definition) is 3. The third-order valence-corrected chi connectivity index (χ3v) is 4.65. The van der Waals surface area contributed by atoms with Crippen molar-refractivity contribution in [3.63, 3.8) is 0 Å². The van der Waals surface area contributed by atoms with Crippen molar-refractivity contribution in [2.75, 3.05) is 10.3 Å². The number of hydrogen-bond donors (Lipinski definition) is 1. The SMILES string of the molecule is CC(=O)Nc1ccc(C2=NN(c3ccccc3)[C@H](c3ccccc3)C2)cc1. The molecule has 0 spiro atoms. The van der Waals surface area contributed by atoms with E-state index >= 15 is 0 Å². The van der Waals surface area contributed by atoms with Crippen molar-refractivity contribution in [1.82, 2.24) is 0 Å². The lowest BCUT2D eigenvalue weighted by molar-refractivity contribution is -0.114. The van der Waals surface area contributed by atoms with Crippen molar-refractivity contribution in [2.45, 2.75) is 19.4 Å². The molecule has 0 radical (unpaired) electrons. The molecular formula is C23H21N3O. The van der Waals surface area contributed by atoms with E-state index in [1.54, 1.807) is 0 Å². The van der Waals surface area contributed by atoms with Crippen molar-refractivity contribution in [3.8, 4) is 0 Å². The highest BCUT2D eigenvalue weighted by Crippen LogP contribution is 2.36. The number of anilines is 2. The second-order valence-electron chi connectivity index (χ2n) is 6.62. The lowest BCUT2D eigenvalue weighted by atomic mass is 9.98. The van der Waals surface area contributed by atoms with Gasteiger partial charge in [0.15, 0.2) is 0 Å². The van der Waals surface area contributed by atoms with Gasteiger partial charge in [0.1, 0.15) is 0 Å². The van der Waals surface area contributed by atoms with Crippen LogP contribution in [0, 0.1) is 0 Å². The zero-order valence-corrected chi connectivity index (χ0v) is 15.2. The van der Waals surface area contributed by atoms with Crippen molar-refractivity contribution in [3.05, 3.63) is 96.1 Å². The molecule has 3 aromatic carbocycles. The Morgan fingerprint density at radius 1 is 0.926 bits per heavy atom. The van der Waals surface area contributed by atoms with Gasteiger partial charge in [-0.25, -0.2) is 0 Å². The average molecular weight is 355 g/mol. The monoisotopic (exact) mass is 355 g/mol. The fraction of sp³-hybridized carbons (Fsp3) is 0.130. The molecule has 4 heteroatoms. The number of carbonyl (C=O) groups is 1. The van der Waals surface area contributed by atoms with Gasteiger partial charge in [0, 0.05) is 19.0 Å². The van der Waals surface area contributed by atoms with Gasteiger partial charge in [0.2, 0.25) is 5.91 Å². The van der Waals surface area contributed by atoms with Crippen LogP contribution in [0.15, 0.2) is 90.0 Å². The van der Waals surface area contributed by atoms with Crippen LogP contribution in [-0.2, 0) is 4.79 Å². The first-order valence-electron chi connectivity index (χ1n) is 9.05. The summed E-state index contributed by atoms with van der Waals surface area (Å²) in [5, 5.41) is 9.85. The van der Waals surface area contributed by atoms with Crippen molar-refractivity contribution in [1.29, 1.82) is 0 Å². The number of carbonyl (C=O) groups excluding carboxylic acids is 1. The molecule has 0 bridgehead atoms. The Labute approximate surface area is 159 Å². The van der Waals surface area contributed by atoms with E-state index in [0.29, 0.717) is 0 Å². The molecule has 4 rings (SSSR count). The van der Waals surface area contributed by atoms with Crippen LogP contribution in [0.25, 0.3) is 0 Å². The highest BCUT2D eigenvalue weighted by molar-refractivity contribution is 6.03. The summed E-state index contributed by atoms with van der Waals surface area (Å²) in [4.78, 5) is 11.2. The molecule has 27 heavy (non-hydrogen) atoms. The topological polar surface area (TPSA) is 44.7 Å². The van der Waals surface area contributed by atoms with Crippen molar-refractivity contribution in [2.24, 2.45) is 5.10 Å². The fourth-order valence-electron chi connectivity index (χ4n) is 3.39. The van der Waals surface area contributed by atoms with E-state index in [1.807, 2.05) is 48.5 Å². The molecule has 1 aliphatic heterocycles. The second kappa shape index (κ2) is 7.46. The Hall–Kier alpha value is -3.40. The summed E-state index contributed by atoms with van der Waals surface area (Å²) in [5.74, 6) is -0.0691. The molecule has 0 fully saturated rings. The molecule has 0 unspecified atom stereocenters. The standard InChI is InChI=1S/C23H21N3O/c1-17(27)24-20-14-12-18(13-15-20)22-16-23(19-8-4-2-5-9-19)26(25-22)21-10-6-3-7-11-21/h2-15,23H,16H2,1H3,(H,24,27)/t23-/m0/s1. The van der Waals surface area contributed by atoms with E-state index in [-0.39, 0.29) is 11.9 Å². The van der Waals surface area contributed by atoms with E-state index < -0.39 is 0 Å². The number of nitrogens with zero attached hydrogens (tertiary/aromatic N) is 2. The predicted molar refractivity (Wildman–Crippen MR) is 110 cm³/mol. The number of para-hydroxylation sites is 1. The molecule has 0 saturated heterocycles. The summed E-state index contributed by atoms with van der Waals surface area (Å²) in [7, 11) is 0. The average Bonchev–Trinajstić information content (AvgIpc) is 3.15. The minimum absolute atomic E-state index is 0.0691. The van der Waals surface area contributed by atoms with E-state index in [1.165, 1.54) is 12.5 Å². The third kappa shape index (κ3) is 3.75. The van der Waals surface area contributed by atoms with Crippen LogP contribution < -0.4 is 10.3 Å². The Bertz CT molecular complexity index is 950. The molecule has 134 valence electrons. The molecule has 1 heterocycles. The van der Waals surface area contributed by atoms with E-state index in [2.05, 4.69) is 46.7 Å². The number of benzene rings is 3. The highest BCUT2D eigenvalue weighted by Gasteiger charge is 2.29. The maximum atomic E-state index is 11.2. The molecule has 1 N–H and O–H groups in total. The number of rotatable bonds is 4. The minimum atomic E-state index is -0.0691. The molecular weight excluding hydrogens is 334 g/mol. The van der Waals surface area contributed by atoms with Gasteiger partial charge in [-0.15, -0.1) is 0 Å². The molecule has 1 atom stereocenters. The fourth-order valence-corrected chi connectivity index (χ4v) is 3.39. The summed E-state index contributed by atoms with van der Waals surface area (Å²) in [5.41, 5.74) is 5.24. The van der Waals surface area contributed by atoms with Crippen LogP contribution in [0.1, 0.15) is 30.5 Å². The molecule has 0 aromatic heterocycles. The lowest BCUT2D eigenvalue weighted by Crippen LogP contribution is -2.18. The largest absolute Gasteiger partial charge is 0.326 e. The minimum Gasteiger partial charge on any atom is -0.326 e. The molecule has 4 nitrogen and oxygen atoms in total. The third-order valence-electron chi connectivity index (χ3n) is 4.65. The Kier molecular flexibility index (Phi) is 4.71. The van der Waals surface area contributed by atoms with Crippen LogP contribution in [0.2, 0.25) is 0 Å². The zero-order valence-electron chi connectivity index (χ0n) is 15.2. The Balaban J connectivity index is 1.66. The first-order chi connectivity index (χ1) is 13.2. The van der Waals surface area contributed by atoms with E-state index in [9.17, 15) is 4.79 Å². The van der Waals surface area contributed by atoms with Gasteiger partial charge in [-0.05, 0) is 35.4 Å². The summed E-state index contributed by atoms with van der Waals surface area (Å²) < 4.78 is 0. The Morgan fingerprint density at radius 3 is 2.19 bits per heavy atom. The second-order valence-corrected chi connectivity index (χ2v) is 6.62. The molecule has 1 aliphatic rings. The van der Waals surface area contributed by atoms with Crippen molar-refractivity contribution >= 4 is 23.0 Å². The van der Waals surface area contributed by atoms with Gasteiger partial charge in [-0.3, -0.25) is 9.80 Å². The van der Waals surface area contributed by atoms with E-state index in [4.69, 9.17) is 5.10 Å². The number of amides is 1. The first kappa shape index (κ1) is 17.0. The molecule has 0 aliphatic carbocycles. The van der Waals surface area contributed by atoms with E-state index in [0.717, 1.165) is 29.1 Å². The van der Waals surface area contributed by atoms with Crippen LogP contribution in [-0.4, -0.2) is 11.6 Å². The van der Waals surface area contributed by atoms with Crippen LogP contribution >= 0.6 is 0 Å². The predicted octanol–water partition coefficient (Wildman–Crippen LogP) is 5.00. The maximum absolute atomic E-state index is 11.2. The Morgan fingerprint density at radius 2 is 1.56 bits per heavy atom. The van der Waals surface area contributed by atoms with Gasteiger partial charge in [-0.1, -0.05) is 60.7 Å². The molecule has 0 saturated carbocycles. The zero-order chi connectivity index (χ0) is 18.6. The molecule has 1 amide bonds. The quantitative estimate of drug-likeness (QED) is 0.716. The summed E-state index contributed by atoms with van der Waals surface area (Å²) in [6.45, 7) is 1.51. The van der Waals surface area contributed by atoms with Gasteiger partial charge in [0.25, 0.3) is 0 Å². The number of hydrazone groups is 1. The van der Waals surface area contributed by atoms with Crippen molar-refractivity contribution < 1.29 is 4.79 Å². The first-order valence-corrected chi connectivity index (χ1v) is 9.05. The van der Waals surface area contributed by atoms with Gasteiger partial charge < -0.3 is 5.32 Å². The summed E-state index contributed by atoms with van der Waals surface area (Å²) in [6.07, 6.45) is 0.832. The van der Waals surface area contributed by atoms with Gasteiger partial charge in [-0.2, -0.15) is 5.10 Å².